The summed E-state index contributed by atoms with van der Waals surface area (Å²) in [7, 11) is 4.17. The van der Waals surface area contributed by atoms with Crippen LogP contribution in [0.5, 0.6) is 0 Å². The van der Waals surface area contributed by atoms with Gasteiger partial charge >= 0.3 is 0 Å². The molecule has 1 aromatic carbocycles. The van der Waals surface area contributed by atoms with Gasteiger partial charge < -0.3 is 10.3 Å². The van der Waals surface area contributed by atoms with E-state index in [9.17, 15) is 0 Å². The summed E-state index contributed by atoms with van der Waals surface area (Å²) in [6, 6.07) is 10.4. The molecule has 94 valence electrons. The van der Waals surface area contributed by atoms with Crippen molar-refractivity contribution in [3.8, 4) is 0 Å². The Morgan fingerprint density at radius 1 is 1.24 bits per heavy atom. The third-order valence-electron chi connectivity index (χ3n) is 2.47. The number of benzene rings is 1. The van der Waals surface area contributed by atoms with Crippen LogP contribution < -0.4 is 5.43 Å². The van der Waals surface area contributed by atoms with E-state index >= 15 is 0 Å². The lowest BCUT2D eigenvalue weighted by Gasteiger charge is -2.08. The highest BCUT2D eigenvalue weighted by atomic mass is 15.3. The first-order chi connectivity index (χ1) is 8.18. The second-order valence-electron chi connectivity index (χ2n) is 4.57. The van der Waals surface area contributed by atoms with E-state index in [2.05, 4.69) is 60.7 Å². The molecule has 3 nitrogen and oxygen atoms in total. The molecular formula is C14H23N3. The van der Waals surface area contributed by atoms with Crippen molar-refractivity contribution < 1.29 is 0 Å². The summed E-state index contributed by atoms with van der Waals surface area (Å²) >= 11 is 0. The maximum absolute atomic E-state index is 4.36. The van der Waals surface area contributed by atoms with Crippen molar-refractivity contribution in [2.24, 2.45) is 5.10 Å². The van der Waals surface area contributed by atoms with Gasteiger partial charge in [-0.15, -0.1) is 0 Å². The third-order valence-corrected chi connectivity index (χ3v) is 2.47. The minimum absolute atomic E-state index is 0.918. The molecule has 0 unspecified atom stereocenters. The van der Waals surface area contributed by atoms with Crippen LogP contribution >= 0.6 is 0 Å². The molecule has 0 saturated heterocycles. The van der Waals surface area contributed by atoms with Crippen molar-refractivity contribution in [3.63, 3.8) is 0 Å². The van der Waals surface area contributed by atoms with Gasteiger partial charge in [0.1, 0.15) is 0 Å². The van der Waals surface area contributed by atoms with Gasteiger partial charge in [-0.25, -0.2) is 0 Å². The number of rotatable bonds is 7. The van der Waals surface area contributed by atoms with Gasteiger partial charge in [0.05, 0.1) is 0 Å². The predicted octanol–water partition coefficient (Wildman–Crippen LogP) is 2.15. The highest BCUT2D eigenvalue weighted by Gasteiger charge is 1.95. The van der Waals surface area contributed by atoms with E-state index in [1.807, 2.05) is 6.07 Å². The molecule has 1 N–H and O–H groups in total. The Kier molecular flexibility index (Phi) is 6.33. The van der Waals surface area contributed by atoms with E-state index in [1.165, 1.54) is 5.56 Å². The first-order valence-electron chi connectivity index (χ1n) is 6.13. The van der Waals surface area contributed by atoms with Crippen LogP contribution in [-0.4, -0.2) is 37.8 Å². The molecule has 3 heteroatoms. The summed E-state index contributed by atoms with van der Waals surface area (Å²) in [4.78, 5) is 2.18. The molecular weight excluding hydrogens is 210 g/mol. The number of hydrazone groups is 1. The molecule has 1 aromatic rings. The van der Waals surface area contributed by atoms with Crippen LogP contribution in [0.3, 0.4) is 0 Å². The quantitative estimate of drug-likeness (QED) is 0.444. The molecule has 0 heterocycles. The molecule has 0 spiro atoms. The van der Waals surface area contributed by atoms with E-state index < -0.39 is 0 Å². The lowest BCUT2D eigenvalue weighted by Crippen LogP contribution is -2.19. The van der Waals surface area contributed by atoms with Gasteiger partial charge in [0.15, 0.2) is 0 Å². The molecule has 0 amide bonds. The number of hydrogen-bond acceptors (Lipinski definition) is 3. The second kappa shape index (κ2) is 7.85. The van der Waals surface area contributed by atoms with E-state index in [0.29, 0.717) is 0 Å². The first-order valence-corrected chi connectivity index (χ1v) is 6.13. The van der Waals surface area contributed by atoms with Crippen molar-refractivity contribution in [2.75, 3.05) is 27.2 Å². The standard InChI is InChI=1S/C14H23N3/c1-13(12-14-8-5-4-6-9-14)16-15-10-7-11-17(2)3/h4-6,8-9,15H,7,10-12H2,1-3H3/b16-13-. The average Bonchev–Trinajstić information content (AvgIpc) is 2.29. The zero-order valence-corrected chi connectivity index (χ0v) is 11.1. The molecule has 0 aliphatic carbocycles. The normalized spacial score (nSPS) is 11.9. The lowest BCUT2D eigenvalue weighted by molar-refractivity contribution is 0.395. The lowest BCUT2D eigenvalue weighted by atomic mass is 10.1. The highest BCUT2D eigenvalue weighted by molar-refractivity contribution is 5.83. The van der Waals surface area contributed by atoms with Crippen molar-refractivity contribution in [3.05, 3.63) is 35.9 Å². The largest absolute Gasteiger partial charge is 0.310 e. The molecule has 0 radical (unpaired) electrons. The van der Waals surface area contributed by atoms with Crippen LogP contribution in [0.25, 0.3) is 0 Å². The van der Waals surface area contributed by atoms with Gasteiger partial charge in [0.2, 0.25) is 0 Å². The zero-order valence-electron chi connectivity index (χ0n) is 11.1. The number of nitrogens with one attached hydrogen (secondary N) is 1. The van der Waals surface area contributed by atoms with Gasteiger partial charge in [0, 0.05) is 18.7 Å². The predicted molar refractivity (Wildman–Crippen MR) is 74.4 cm³/mol. The minimum Gasteiger partial charge on any atom is -0.310 e. The molecule has 0 atom stereocenters. The van der Waals surface area contributed by atoms with Gasteiger partial charge in [-0.05, 0) is 39.5 Å². The summed E-state index contributed by atoms with van der Waals surface area (Å²) in [6.45, 7) is 4.09. The summed E-state index contributed by atoms with van der Waals surface area (Å²) in [5.74, 6) is 0. The molecule has 1 rings (SSSR count). The fourth-order valence-corrected chi connectivity index (χ4v) is 1.60. The highest BCUT2D eigenvalue weighted by Crippen LogP contribution is 2.00. The Bertz CT molecular complexity index is 331. The molecule has 0 aliphatic rings. The zero-order chi connectivity index (χ0) is 12.5. The van der Waals surface area contributed by atoms with E-state index in [0.717, 1.165) is 31.6 Å². The van der Waals surface area contributed by atoms with Crippen molar-refractivity contribution >= 4 is 5.71 Å². The average molecular weight is 233 g/mol. The number of hydrogen-bond donors (Lipinski definition) is 1. The Balaban J connectivity index is 2.21. The van der Waals surface area contributed by atoms with Crippen LogP contribution in [0.1, 0.15) is 18.9 Å². The SMILES string of the molecule is C/C(Cc1ccccc1)=N/NCCCN(C)C. The third kappa shape index (κ3) is 6.74. The van der Waals surface area contributed by atoms with Gasteiger partial charge in [0.25, 0.3) is 0 Å². The summed E-state index contributed by atoms with van der Waals surface area (Å²) in [6.07, 6.45) is 2.04. The van der Waals surface area contributed by atoms with Crippen molar-refractivity contribution in [1.82, 2.24) is 10.3 Å². The molecule has 17 heavy (non-hydrogen) atoms. The van der Waals surface area contributed by atoms with E-state index in [-0.39, 0.29) is 0 Å². The van der Waals surface area contributed by atoms with E-state index in [1.54, 1.807) is 0 Å². The van der Waals surface area contributed by atoms with Crippen LogP contribution in [0, 0.1) is 0 Å². The molecule has 0 fully saturated rings. The second-order valence-corrected chi connectivity index (χ2v) is 4.57. The number of nitrogens with zero attached hydrogens (tertiary/aromatic N) is 2. The monoisotopic (exact) mass is 233 g/mol. The van der Waals surface area contributed by atoms with Crippen molar-refractivity contribution in [1.29, 1.82) is 0 Å². The smallest absolute Gasteiger partial charge is 0.0391 e. The van der Waals surface area contributed by atoms with E-state index in [4.69, 9.17) is 0 Å². The van der Waals surface area contributed by atoms with Crippen LogP contribution in [0.15, 0.2) is 35.4 Å². The van der Waals surface area contributed by atoms with Crippen LogP contribution in [-0.2, 0) is 6.42 Å². The summed E-state index contributed by atoms with van der Waals surface area (Å²) < 4.78 is 0. The fourth-order valence-electron chi connectivity index (χ4n) is 1.60. The molecule has 0 saturated carbocycles. The van der Waals surface area contributed by atoms with Gasteiger partial charge in [-0.3, -0.25) is 0 Å². The first kappa shape index (κ1) is 13.7. The minimum atomic E-state index is 0.918. The molecule has 0 bridgehead atoms. The summed E-state index contributed by atoms with van der Waals surface area (Å²) in [5.41, 5.74) is 5.56. The Hall–Kier alpha value is -1.35. The Labute approximate surface area is 105 Å². The molecule has 0 aromatic heterocycles. The Morgan fingerprint density at radius 3 is 2.59 bits per heavy atom. The van der Waals surface area contributed by atoms with Gasteiger partial charge in [-0.2, -0.15) is 5.10 Å². The van der Waals surface area contributed by atoms with Crippen molar-refractivity contribution in [2.45, 2.75) is 19.8 Å². The van der Waals surface area contributed by atoms with Crippen LogP contribution in [0.4, 0.5) is 0 Å². The summed E-state index contributed by atoms with van der Waals surface area (Å²) in [5, 5.41) is 4.36. The van der Waals surface area contributed by atoms with Crippen LogP contribution in [0.2, 0.25) is 0 Å². The maximum atomic E-state index is 4.36. The topological polar surface area (TPSA) is 27.6 Å². The maximum Gasteiger partial charge on any atom is 0.0391 e. The van der Waals surface area contributed by atoms with Gasteiger partial charge in [-0.1, -0.05) is 30.3 Å². The fraction of sp³-hybridized carbons (Fsp3) is 0.500. The Morgan fingerprint density at radius 2 is 1.94 bits per heavy atom. The molecule has 0 aliphatic heterocycles.